The van der Waals surface area contributed by atoms with Crippen LogP contribution in [0.15, 0.2) is 309 Å². The predicted octanol–water partition coefficient (Wildman–Crippen LogP) is 22.1. The molecule has 109 heavy (non-hydrogen) atoms. The van der Waals surface area contributed by atoms with Crippen molar-refractivity contribution < 1.29 is 22.7 Å². The third-order valence-corrected chi connectivity index (χ3v) is 22.1. The summed E-state index contributed by atoms with van der Waals surface area (Å²) in [5, 5.41) is 19.6. The average Bonchev–Trinajstić information content (AvgIpc) is 1.57. The molecule has 0 saturated heterocycles. The fourth-order valence-electron chi connectivity index (χ4n) is 16.4. The van der Waals surface area contributed by atoms with Crippen LogP contribution in [0.1, 0.15) is 47.1 Å². The zero-order valence-corrected chi connectivity index (χ0v) is 62.9. The van der Waals surface area contributed by atoms with Gasteiger partial charge in [0, 0.05) is 58.3 Å². The first kappa shape index (κ1) is 67.6. The molecule has 0 radical (unpaired) electrons. The maximum Gasteiger partial charge on any atom is 0.331 e. The average molecular weight is 1410 g/mol. The van der Waals surface area contributed by atoms with Gasteiger partial charge in [0.05, 0.1) is 71.3 Å². The van der Waals surface area contributed by atoms with Crippen molar-refractivity contribution >= 4 is 125 Å². The number of nitrogens with zero attached hydrogens (tertiary/aromatic N) is 9. The van der Waals surface area contributed by atoms with E-state index in [2.05, 4.69) is 376 Å². The van der Waals surface area contributed by atoms with Crippen molar-refractivity contribution in [3.63, 3.8) is 0 Å². The lowest BCUT2D eigenvalue weighted by molar-refractivity contribution is -0.661. The van der Waals surface area contributed by atoms with E-state index in [1.54, 1.807) is 6.26 Å². The zero-order chi connectivity index (χ0) is 74.1. The van der Waals surface area contributed by atoms with Gasteiger partial charge < -0.3 is 13.6 Å². The summed E-state index contributed by atoms with van der Waals surface area (Å²) in [4.78, 5) is 15.3. The van der Waals surface area contributed by atoms with Crippen LogP contribution < -0.4 is 18.3 Å². The highest BCUT2D eigenvalue weighted by Gasteiger charge is 2.26. The Morgan fingerprint density at radius 1 is 0.358 bits per heavy atom. The van der Waals surface area contributed by atoms with Crippen LogP contribution in [0.4, 0.5) is 0 Å². The summed E-state index contributed by atoms with van der Waals surface area (Å²) in [6.07, 6.45) is 20.9. The van der Waals surface area contributed by atoms with Gasteiger partial charge in [0.25, 0.3) is 0 Å². The zero-order valence-electron chi connectivity index (χ0n) is 62.9. The minimum atomic E-state index is 0.930. The van der Waals surface area contributed by atoms with Crippen LogP contribution in [0.25, 0.3) is 176 Å². The van der Waals surface area contributed by atoms with Crippen molar-refractivity contribution in [3.8, 4) is 51.1 Å². The monoisotopic (exact) mass is 1410 g/mol. The molecule has 21 rings (SSSR count). The highest BCUT2D eigenvalue weighted by molar-refractivity contribution is 6.04. The van der Waals surface area contributed by atoms with E-state index in [0.717, 1.165) is 61.5 Å². The lowest BCUT2D eigenvalue weighted by Gasteiger charge is -2.09. The number of para-hydroxylation sites is 1. The van der Waals surface area contributed by atoms with Crippen LogP contribution in [0.3, 0.4) is 0 Å². The molecule has 0 N–H and O–H groups in total. The van der Waals surface area contributed by atoms with E-state index in [1.807, 2.05) is 12.1 Å². The number of aromatic nitrogens is 9. The van der Waals surface area contributed by atoms with Gasteiger partial charge in [-0.1, -0.05) is 152 Å². The number of hydrogen-bond acceptors (Lipinski definition) is 4. The van der Waals surface area contributed by atoms with E-state index in [-0.39, 0.29) is 0 Å². The second kappa shape index (κ2) is 27.9. The number of hydrogen-bond donors (Lipinski definition) is 0. The van der Waals surface area contributed by atoms with E-state index in [4.69, 9.17) is 19.4 Å². The predicted molar refractivity (Wildman–Crippen MR) is 450 cm³/mol. The number of furan rings is 1. The second-order valence-electron chi connectivity index (χ2n) is 29.5. The molecule has 0 spiro atoms. The fourth-order valence-corrected chi connectivity index (χ4v) is 16.4. The van der Waals surface area contributed by atoms with Crippen molar-refractivity contribution in [3.05, 3.63) is 332 Å². The van der Waals surface area contributed by atoms with Crippen molar-refractivity contribution in [2.75, 3.05) is 0 Å². The number of pyridine rings is 1. The van der Waals surface area contributed by atoms with E-state index in [1.165, 1.54) is 162 Å². The normalized spacial score (nSPS) is 12.2. The minimum absolute atomic E-state index is 0.930. The molecule has 10 nitrogen and oxygen atoms in total. The van der Waals surface area contributed by atoms with Gasteiger partial charge in [-0.15, -0.1) is 0 Å². The number of rotatable bonds is 6. The number of fused-ring (bicyclic) bond motifs is 11. The smallest absolute Gasteiger partial charge is 0.331 e. The molecule has 13 aromatic carbocycles. The van der Waals surface area contributed by atoms with Gasteiger partial charge in [0.1, 0.15) is 31.2 Å². The topological polar surface area (TPSA) is 77.2 Å². The van der Waals surface area contributed by atoms with Crippen molar-refractivity contribution in [2.45, 2.75) is 47.0 Å². The van der Waals surface area contributed by atoms with E-state index in [0.29, 0.717) is 0 Å². The van der Waals surface area contributed by atoms with Crippen LogP contribution in [0, 0.1) is 27.7 Å². The number of allylic oxidation sites excluding steroid dienone is 2. The molecule has 0 fully saturated rings. The van der Waals surface area contributed by atoms with Crippen LogP contribution in [0.2, 0.25) is 0 Å². The molecular formula is C99H83N9O+4. The highest BCUT2D eigenvalue weighted by atomic mass is 16.3. The summed E-state index contributed by atoms with van der Waals surface area (Å²) in [5.74, 6) is 3.01. The van der Waals surface area contributed by atoms with Crippen LogP contribution in [0.5, 0.6) is 0 Å². The third kappa shape index (κ3) is 12.6. The van der Waals surface area contributed by atoms with Crippen LogP contribution in [-0.4, -0.2) is 24.1 Å². The Balaban J connectivity index is 0.000000103. The standard InChI is InChI=1S/C28H22N3.C25H23N2.C23H20N3.C23H18NO/c1-19-12-13-26-24(14-15-31(26)23-10-4-3-5-11-23)27(19)28-29-25-17-21-9-7-6-8-20(21)16-22(25)18-30(28)2;1-17-11-12-21(18-7-3-4-8-18)14-23(17)25-26-24-15-20-10-6-5-9-19(20)13-22(24)16-27(25)2;1-15-8-9-21-19(10-11-25(21)2)22(15)23-24-20-13-17-7-5-4-6-16(17)12-18(20)14-26(23)3;1-15-7-8-22-20(9-10-25-22)23(15)21-13-18-11-16-5-3-4-6-17(16)12-19(18)14-24(21)2/h3-18H,1-2H3;5-7,9-16H,3-4,8H2,1-2H3;4-14H,1-3H3;3-14H,1-2H3/q4*+1. The molecule has 1 aliphatic rings. The molecule has 0 amide bonds. The minimum Gasteiger partial charge on any atom is -0.464 e. The Bertz CT molecular complexity index is 7080. The maximum atomic E-state index is 5.61. The van der Waals surface area contributed by atoms with Crippen LogP contribution >= 0.6 is 0 Å². The Hall–Kier alpha value is -13.3. The molecule has 7 aromatic heterocycles. The Labute approximate surface area is 633 Å². The summed E-state index contributed by atoms with van der Waals surface area (Å²) in [6.45, 7) is 8.66. The largest absolute Gasteiger partial charge is 0.464 e. The molecule has 20 aromatic rings. The van der Waals surface area contributed by atoms with E-state index < -0.39 is 0 Å². The quantitative estimate of drug-likeness (QED) is 0.123. The van der Waals surface area contributed by atoms with Gasteiger partial charge in [-0.05, 0) is 247 Å². The Morgan fingerprint density at radius 2 is 0.807 bits per heavy atom. The first-order chi connectivity index (χ1) is 53.2. The highest BCUT2D eigenvalue weighted by Crippen LogP contribution is 2.38. The van der Waals surface area contributed by atoms with Gasteiger partial charge in [-0.3, -0.25) is 0 Å². The van der Waals surface area contributed by atoms with Crippen LogP contribution in [-0.2, 0) is 35.2 Å². The lowest BCUT2D eigenvalue weighted by Crippen LogP contribution is -2.32. The van der Waals surface area contributed by atoms with Crippen molar-refractivity contribution in [1.29, 1.82) is 0 Å². The first-order valence-electron chi connectivity index (χ1n) is 37.6. The van der Waals surface area contributed by atoms with Gasteiger partial charge in [-0.25, -0.2) is 18.3 Å². The molecule has 10 heteroatoms. The molecule has 0 aliphatic heterocycles. The third-order valence-electron chi connectivity index (χ3n) is 22.1. The summed E-state index contributed by atoms with van der Waals surface area (Å²) < 4.78 is 18.7. The molecule has 1 aliphatic carbocycles. The molecule has 0 atom stereocenters. The molecule has 0 bridgehead atoms. The maximum absolute atomic E-state index is 5.61. The molecule has 526 valence electrons. The fraction of sp³-hybridized carbons (Fsp3) is 0.121. The second-order valence-corrected chi connectivity index (χ2v) is 29.5. The summed E-state index contributed by atoms with van der Waals surface area (Å²) in [6, 6.07) is 90.7. The lowest BCUT2D eigenvalue weighted by atomic mass is 9.98. The van der Waals surface area contributed by atoms with Gasteiger partial charge in [0.15, 0.2) is 22.7 Å². The van der Waals surface area contributed by atoms with E-state index >= 15 is 0 Å². The summed E-state index contributed by atoms with van der Waals surface area (Å²) >= 11 is 0. The molecular weight excluding hydrogens is 1330 g/mol. The molecule has 0 unspecified atom stereocenters. The molecule has 7 heterocycles. The van der Waals surface area contributed by atoms with Gasteiger partial charge >= 0.3 is 17.5 Å². The van der Waals surface area contributed by atoms with Crippen molar-refractivity contribution in [1.82, 2.24) is 24.1 Å². The van der Waals surface area contributed by atoms with Crippen molar-refractivity contribution in [2.24, 2.45) is 35.2 Å². The number of aryl methyl sites for hydroxylation is 9. The first-order valence-corrected chi connectivity index (χ1v) is 37.6. The SMILES string of the molecule is Cc1ccc(C2=CCCC2)cc1-c1nc2cc3ccccc3cc2c[n+]1C.Cc1ccc2c(ccn2-c2ccccc2)c1-c1nc2cc3ccccc3cc2c[n+]1C.Cc1ccc2c(ccn2C)c1-c1nc2cc3ccccc3cc2c[n+]1C.Cc1ccc2occc2c1-c1cc2cc3ccccc3cc2c[n+]1C. The summed E-state index contributed by atoms with van der Waals surface area (Å²) in [5.41, 5.74) is 21.5. The Kier molecular flexibility index (Phi) is 17.3. The van der Waals surface area contributed by atoms with E-state index in [9.17, 15) is 0 Å². The Morgan fingerprint density at radius 3 is 1.36 bits per heavy atom. The molecule has 0 saturated carbocycles. The van der Waals surface area contributed by atoms with Gasteiger partial charge in [-0.2, -0.15) is 0 Å². The van der Waals surface area contributed by atoms with Gasteiger partial charge in [0.2, 0.25) is 5.69 Å². The summed E-state index contributed by atoms with van der Waals surface area (Å²) in [7, 11) is 10.5. The number of benzene rings is 13.